The summed E-state index contributed by atoms with van der Waals surface area (Å²) in [5.41, 5.74) is -0.832. The Morgan fingerprint density at radius 2 is 2.29 bits per heavy atom. The molecular formula is C10H13NO2S. The molecule has 0 aromatic rings. The molecule has 1 fully saturated rings. The summed E-state index contributed by atoms with van der Waals surface area (Å²) in [4.78, 5) is 11.0. The highest BCUT2D eigenvalue weighted by atomic mass is 32.2. The van der Waals surface area contributed by atoms with E-state index in [9.17, 15) is 4.79 Å². The molecule has 0 bridgehead atoms. The van der Waals surface area contributed by atoms with E-state index in [1.54, 1.807) is 6.92 Å². The van der Waals surface area contributed by atoms with Crippen molar-refractivity contribution in [3.63, 3.8) is 0 Å². The average molecular weight is 211 g/mol. The van der Waals surface area contributed by atoms with Crippen molar-refractivity contribution in [2.75, 3.05) is 6.54 Å². The summed E-state index contributed by atoms with van der Waals surface area (Å²) in [5.74, 6) is 0.663. The van der Waals surface area contributed by atoms with E-state index in [2.05, 4.69) is 17.4 Å². The number of allylic oxidation sites excluding steroid dienone is 2. The maximum Gasteiger partial charge on any atom is 0.224 e. The summed E-state index contributed by atoms with van der Waals surface area (Å²) in [6.07, 6.45) is 4.84. The van der Waals surface area contributed by atoms with Crippen molar-refractivity contribution < 1.29 is 9.53 Å². The zero-order valence-corrected chi connectivity index (χ0v) is 8.91. The van der Waals surface area contributed by atoms with Crippen LogP contribution in [0.5, 0.6) is 0 Å². The number of ether oxygens (including phenoxy) is 1. The monoisotopic (exact) mass is 211 g/mol. The number of carbonyl (C=O) groups excluding carboxylic acids is 1. The third kappa shape index (κ3) is 1.40. The maximum atomic E-state index is 11.0. The van der Waals surface area contributed by atoms with Crippen LogP contribution in [0.25, 0.3) is 0 Å². The van der Waals surface area contributed by atoms with Gasteiger partial charge in [0.05, 0.1) is 6.54 Å². The first-order chi connectivity index (χ1) is 6.65. The minimum atomic E-state index is -0.832. The third-order valence-corrected chi connectivity index (χ3v) is 4.33. The summed E-state index contributed by atoms with van der Waals surface area (Å²) in [6, 6.07) is 0. The maximum absolute atomic E-state index is 11.0. The van der Waals surface area contributed by atoms with Crippen LogP contribution in [0.1, 0.15) is 6.92 Å². The first-order valence-corrected chi connectivity index (χ1v) is 5.83. The zero-order chi connectivity index (χ0) is 10.2. The smallest absolute Gasteiger partial charge is 0.224 e. The Morgan fingerprint density at radius 3 is 2.86 bits per heavy atom. The van der Waals surface area contributed by atoms with E-state index < -0.39 is 16.8 Å². The molecule has 2 aliphatic heterocycles. The molecule has 0 aliphatic carbocycles. The Bertz CT molecular complexity index is 325. The average Bonchev–Trinajstić information content (AvgIpc) is 2.73. The summed E-state index contributed by atoms with van der Waals surface area (Å²) >= 11 is -0.511. The minimum absolute atomic E-state index is 0.511. The number of aldehydes is 1. The summed E-state index contributed by atoms with van der Waals surface area (Å²) < 4.78 is 7.47. The van der Waals surface area contributed by atoms with Gasteiger partial charge >= 0.3 is 0 Å². The van der Waals surface area contributed by atoms with Crippen molar-refractivity contribution >= 4 is 17.4 Å². The van der Waals surface area contributed by atoms with Gasteiger partial charge in [-0.2, -0.15) is 11.1 Å². The van der Waals surface area contributed by atoms with Crippen LogP contribution in [0, 0.1) is 0 Å². The van der Waals surface area contributed by atoms with Crippen molar-refractivity contribution in [1.82, 2.24) is 4.31 Å². The lowest BCUT2D eigenvalue weighted by molar-refractivity contribution is -0.128. The predicted octanol–water partition coefficient (Wildman–Crippen LogP) is 1.70. The molecule has 3 nitrogen and oxygen atoms in total. The highest BCUT2D eigenvalue weighted by Crippen LogP contribution is 2.46. The fraction of sp³-hybridized carbons (Fsp3) is 0.300. The molecule has 0 saturated carbocycles. The van der Waals surface area contributed by atoms with Crippen molar-refractivity contribution in [3.05, 3.63) is 35.3 Å². The van der Waals surface area contributed by atoms with Crippen LogP contribution in [-0.4, -0.2) is 22.9 Å². The molecule has 2 rings (SSSR count). The first kappa shape index (κ1) is 9.55. The fourth-order valence-electron chi connectivity index (χ4n) is 1.58. The summed E-state index contributed by atoms with van der Waals surface area (Å²) in [7, 11) is 0. The molecule has 0 spiro atoms. The van der Waals surface area contributed by atoms with Crippen LogP contribution >= 0.6 is 11.1 Å². The SMILES string of the molecule is C=C1CN([SH]2C=CC=C2)C(C)(C=O)O1. The molecule has 0 N–H and O–H groups in total. The van der Waals surface area contributed by atoms with Crippen molar-refractivity contribution in [2.45, 2.75) is 12.6 Å². The molecule has 0 amide bonds. The van der Waals surface area contributed by atoms with Crippen molar-refractivity contribution in [2.24, 2.45) is 0 Å². The van der Waals surface area contributed by atoms with E-state index in [1.165, 1.54) is 0 Å². The van der Waals surface area contributed by atoms with E-state index in [0.29, 0.717) is 12.3 Å². The Hall–Kier alpha value is -1.00. The molecule has 2 heterocycles. The van der Waals surface area contributed by atoms with Gasteiger partial charge < -0.3 is 4.74 Å². The molecule has 0 radical (unpaired) electrons. The highest BCUT2D eigenvalue weighted by molar-refractivity contribution is 8.20. The molecular weight excluding hydrogens is 198 g/mol. The number of thiol groups is 1. The lowest BCUT2D eigenvalue weighted by Crippen LogP contribution is -2.40. The molecule has 14 heavy (non-hydrogen) atoms. The third-order valence-electron chi connectivity index (χ3n) is 2.28. The Balaban J connectivity index is 2.25. The van der Waals surface area contributed by atoms with E-state index in [1.807, 2.05) is 16.5 Å². The largest absolute Gasteiger partial charge is 0.469 e. The molecule has 0 aromatic heterocycles. The molecule has 76 valence electrons. The normalized spacial score (nSPS) is 33.8. The molecule has 0 aromatic carbocycles. The number of hydrogen-bond acceptors (Lipinski definition) is 3. The molecule has 1 saturated heterocycles. The Kier molecular flexibility index (Phi) is 2.25. The molecule has 4 heteroatoms. The van der Waals surface area contributed by atoms with Crippen molar-refractivity contribution in [3.8, 4) is 0 Å². The number of hydrogen-bond donors (Lipinski definition) is 1. The highest BCUT2D eigenvalue weighted by Gasteiger charge is 2.42. The van der Waals surface area contributed by atoms with Gasteiger partial charge in [-0.25, -0.2) is 4.31 Å². The quantitative estimate of drug-likeness (QED) is 0.557. The van der Waals surface area contributed by atoms with Crippen LogP contribution in [0.3, 0.4) is 0 Å². The van der Waals surface area contributed by atoms with Crippen molar-refractivity contribution in [1.29, 1.82) is 0 Å². The number of nitrogens with zero attached hydrogens (tertiary/aromatic N) is 1. The van der Waals surface area contributed by atoms with E-state index >= 15 is 0 Å². The van der Waals surface area contributed by atoms with Gasteiger partial charge in [0.15, 0.2) is 6.29 Å². The second-order valence-corrected chi connectivity index (χ2v) is 5.27. The van der Waals surface area contributed by atoms with Gasteiger partial charge in [-0.05, 0) is 17.7 Å². The van der Waals surface area contributed by atoms with Gasteiger partial charge in [-0.15, -0.1) is 0 Å². The Morgan fingerprint density at radius 1 is 1.64 bits per heavy atom. The first-order valence-electron chi connectivity index (χ1n) is 4.40. The lowest BCUT2D eigenvalue weighted by Gasteiger charge is -2.32. The minimum Gasteiger partial charge on any atom is -0.469 e. The lowest BCUT2D eigenvalue weighted by atomic mass is 10.3. The Labute approximate surface area is 86.2 Å². The van der Waals surface area contributed by atoms with Crippen LogP contribution < -0.4 is 0 Å². The van der Waals surface area contributed by atoms with Gasteiger partial charge in [0.1, 0.15) is 5.76 Å². The standard InChI is InChI=1S/C10H13NO2S/c1-9-7-11(10(2,8-12)13-9)14-5-3-4-6-14/h3-6,8,14H,1,7H2,2H3. The molecule has 2 aliphatic rings. The van der Waals surface area contributed by atoms with Gasteiger partial charge in [-0.1, -0.05) is 18.7 Å². The van der Waals surface area contributed by atoms with Gasteiger partial charge in [0.25, 0.3) is 0 Å². The number of carbonyl (C=O) groups is 1. The van der Waals surface area contributed by atoms with Crippen LogP contribution in [0.2, 0.25) is 0 Å². The van der Waals surface area contributed by atoms with E-state index in [0.717, 1.165) is 6.29 Å². The van der Waals surface area contributed by atoms with Gasteiger partial charge in [-0.3, -0.25) is 4.79 Å². The molecule has 1 atom stereocenters. The number of rotatable bonds is 2. The van der Waals surface area contributed by atoms with Gasteiger partial charge in [0, 0.05) is 0 Å². The topological polar surface area (TPSA) is 29.5 Å². The van der Waals surface area contributed by atoms with E-state index in [4.69, 9.17) is 4.74 Å². The second kappa shape index (κ2) is 3.29. The zero-order valence-electron chi connectivity index (χ0n) is 8.01. The predicted molar refractivity (Wildman–Crippen MR) is 58.7 cm³/mol. The summed E-state index contributed by atoms with van der Waals surface area (Å²) in [5, 5.41) is 4.19. The van der Waals surface area contributed by atoms with E-state index in [-0.39, 0.29) is 0 Å². The van der Waals surface area contributed by atoms with Crippen LogP contribution in [0.4, 0.5) is 0 Å². The fourth-order valence-corrected chi connectivity index (χ4v) is 3.42. The van der Waals surface area contributed by atoms with Crippen LogP contribution in [0.15, 0.2) is 35.3 Å². The second-order valence-electron chi connectivity index (χ2n) is 3.43. The van der Waals surface area contributed by atoms with Gasteiger partial charge in [0.2, 0.25) is 5.72 Å². The summed E-state index contributed by atoms with van der Waals surface area (Å²) in [6.45, 7) is 6.17. The molecule has 1 unspecified atom stereocenters. The van der Waals surface area contributed by atoms with Crippen LogP contribution in [-0.2, 0) is 9.53 Å².